The number of piperidine rings is 2. The van der Waals surface area contributed by atoms with E-state index in [0.717, 1.165) is 101 Å². The molecule has 0 aromatic heterocycles. The van der Waals surface area contributed by atoms with E-state index in [0.29, 0.717) is 51.4 Å². The number of amides is 5. The number of hydrogen-bond donors (Lipinski definition) is 2. The number of nitrogens with zero attached hydrogens (tertiary/aromatic N) is 5. The molecule has 1 aliphatic carbocycles. The summed E-state index contributed by atoms with van der Waals surface area (Å²) in [5.41, 5.74) is 3.74. The van der Waals surface area contributed by atoms with Crippen LogP contribution in [0.5, 0.6) is 5.75 Å². The summed E-state index contributed by atoms with van der Waals surface area (Å²) in [4.78, 5) is 71.7. The Labute approximate surface area is 343 Å². The Balaban J connectivity index is 0.739. The second-order valence-corrected chi connectivity index (χ2v) is 16.6. The van der Waals surface area contributed by atoms with Gasteiger partial charge in [-0.05, 0) is 111 Å². The smallest absolute Gasteiger partial charge is 0.262 e. The predicted molar refractivity (Wildman–Crippen MR) is 218 cm³/mol. The Morgan fingerprint density at radius 1 is 0.776 bits per heavy atom. The highest BCUT2D eigenvalue weighted by Gasteiger charge is 2.45. The van der Waals surface area contributed by atoms with Crippen LogP contribution < -0.4 is 25.2 Å². The Hall–Kier alpha value is -5.45. The minimum Gasteiger partial charge on any atom is -0.490 e. The minimum atomic E-state index is -0.970. The summed E-state index contributed by atoms with van der Waals surface area (Å²) < 4.78 is 6.11. The van der Waals surface area contributed by atoms with Crippen LogP contribution in [0.2, 0.25) is 5.02 Å². The molecule has 1 saturated carbocycles. The molecule has 0 bridgehead atoms. The summed E-state index contributed by atoms with van der Waals surface area (Å²) in [6, 6.07) is 19.6. The molecule has 8 rings (SSSR count). The lowest BCUT2D eigenvalue weighted by Crippen LogP contribution is -2.54. The van der Waals surface area contributed by atoms with Crippen LogP contribution in [0.15, 0.2) is 60.7 Å². The van der Waals surface area contributed by atoms with Crippen LogP contribution in [0.25, 0.3) is 0 Å². The highest BCUT2D eigenvalue weighted by Crippen LogP contribution is 2.33. The third-order valence-electron chi connectivity index (χ3n) is 12.5. The van der Waals surface area contributed by atoms with Gasteiger partial charge in [-0.2, -0.15) is 5.26 Å². The lowest BCUT2D eigenvalue weighted by Gasteiger charge is -2.40. The number of anilines is 2. The molecule has 1 atom stereocenters. The molecule has 2 N–H and O–H groups in total. The number of halogens is 1. The summed E-state index contributed by atoms with van der Waals surface area (Å²) in [7, 11) is 0. The molecule has 302 valence electrons. The molecule has 1 unspecified atom stereocenters. The van der Waals surface area contributed by atoms with Gasteiger partial charge in [0.25, 0.3) is 17.7 Å². The van der Waals surface area contributed by atoms with Gasteiger partial charge in [0.15, 0.2) is 0 Å². The molecule has 14 heteroatoms. The van der Waals surface area contributed by atoms with E-state index in [-0.39, 0.29) is 24.9 Å². The normalized spacial score (nSPS) is 23.0. The topological polar surface area (TPSA) is 155 Å². The summed E-state index contributed by atoms with van der Waals surface area (Å²) in [5, 5.41) is 14.9. The van der Waals surface area contributed by atoms with Crippen molar-refractivity contribution in [1.29, 1.82) is 5.26 Å². The van der Waals surface area contributed by atoms with Crippen molar-refractivity contribution in [2.45, 2.75) is 63.5 Å². The van der Waals surface area contributed by atoms with Crippen LogP contribution in [-0.4, -0.2) is 104 Å². The van der Waals surface area contributed by atoms with Gasteiger partial charge in [-0.3, -0.25) is 39.1 Å². The predicted octanol–water partition coefficient (Wildman–Crippen LogP) is 5.02. The second kappa shape index (κ2) is 17.2. The number of hydrogen-bond acceptors (Lipinski definition) is 10. The molecule has 4 heterocycles. The number of carbonyl (C=O) groups excluding carboxylic acids is 5. The van der Waals surface area contributed by atoms with Crippen molar-refractivity contribution >= 4 is 52.5 Å². The molecule has 58 heavy (non-hydrogen) atoms. The van der Waals surface area contributed by atoms with Crippen molar-refractivity contribution < 1.29 is 28.7 Å². The summed E-state index contributed by atoms with van der Waals surface area (Å²) in [6.07, 6.45) is 6.28. The molecule has 5 amide bonds. The first-order valence-electron chi connectivity index (χ1n) is 20.5. The van der Waals surface area contributed by atoms with Crippen molar-refractivity contribution in [3.63, 3.8) is 0 Å². The Kier molecular flexibility index (Phi) is 11.7. The van der Waals surface area contributed by atoms with E-state index in [9.17, 15) is 24.0 Å². The number of nitriles is 1. The van der Waals surface area contributed by atoms with Crippen LogP contribution in [0.3, 0.4) is 0 Å². The molecular formula is C44H48ClN7O6. The standard InChI is InChI=1S/C44H48ClN7O6/c45-38-24-35(11-5-31(38)25-46)58-34-9-1-28(2-10-34)26-47-41(54)30-3-6-32(7-4-30)50-17-15-29(16-18-50)27-49-19-21-51(22-20-49)33-8-12-36-37(23-33)44(57)52(43(36)56)39-13-14-40(53)48-42(39)55/h3-8,11-12,23-24,28-29,34,39H,1-2,9-10,13-22,26-27H2,(H,47,54)(H,48,53,55). The molecule has 0 spiro atoms. The minimum absolute atomic E-state index is 0.0489. The van der Waals surface area contributed by atoms with Gasteiger partial charge in [0.05, 0.1) is 27.8 Å². The van der Waals surface area contributed by atoms with Gasteiger partial charge < -0.3 is 19.9 Å². The molecule has 3 saturated heterocycles. The van der Waals surface area contributed by atoms with Gasteiger partial charge in [0.1, 0.15) is 17.9 Å². The zero-order chi connectivity index (χ0) is 40.3. The van der Waals surface area contributed by atoms with E-state index in [2.05, 4.69) is 43.5 Å². The van der Waals surface area contributed by atoms with E-state index in [1.54, 1.807) is 30.3 Å². The number of fused-ring (bicyclic) bond motifs is 1. The second-order valence-electron chi connectivity index (χ2n) is 16.2. The molecular weight excluding hydrogens is 758 g/mol. The lowest BCUT2D eigenvalue weighted by molar-refractivity contribution is -0.136. The Bertz CT molecular complexity index is 2110. The molecule has 3 aromatic rings. The number of piperazine rings is 1. The fourth-order valence-electron chi connectivity index (χ4n) is 9.05. The van der Waals surface area contributed by atoms with Crippen molar-refractivity contribution in [2.75, 3.05) is 62.2 Å². The fourth-order valence-corrected chi connectivity index (χ4v) is 9.26. The third kappa shape index (κ3) is 8.54. The lowest BCUT2D eigenvalue weighted by atomic mass is 9.87. The first-order valence-corrected chi connectivity index (χ1v) is 20.8. The SMILES string of the molecule is N#Cc1ccc(OC2CCC(CNC(=O)c3ccc(N4CCC(CN5CCN(c6ccc7c(c6)C(=O)N(C6CCC(=O)NC6=O)C7=O)CC5)CC4)cc3)CC2)cc1Cl. The number of carbonyl (C=O) groups is 5. The van der Waals surface area contributed by atoms with Gasteiger partial charge in [-0.25, -0.2) is 0 Å². The summed E-state index contributed by atoms with van der Waals surface area (Å²) in [5.74, 6) is -0.324. The number of benzene rings is 3. The van der Waals surface area contributed by atoms with Crippen LogP contribution in [0, 0.1) is 23.2 Å². The molecule has 0 radical (unpaired) electrons. The quantitative estimate of drug-likeness (QED) is 0.267. The van der Waals surface area contributed by atoms with Crippen molar-refractivity contribution in [2.24, 2.45) is 11.8 Å². The van der Waals surface area contributed by atoms with Crippen LogP contribution in [-0.2, 0) is 9.59 Å². The fraction of sp³-hybridized carbons (Fsp3) is 0.455. The number of imide groups is 2. The Morgan fingerprint density at radius 2 is 1.47 bits per heavy atom. The van der Waals surface area contributed by atoms with Crippen LogP contribution in [0.1, 0.15) is 88.0 Å². The maximum Gasteiger partial charge on any atom is 0.262 e. The first kappa shape index (κ1) is 39.4. The molecule has 4 fully saturated rings. The molecule has 3 aromatic carbocycles. The van der Waals surface area contributed by atoms with Crippen molar-refractivity contribution in [1.82, 2.24) is 20.4 Å². The first-order chi connectivity index (χ1) is 28.1. The number of ether oxygens (including phenoxy) is 1. The molecule has 4 aliphatic heterocycles. The highest BCUT2D eigenvalue weighted by molar-refractivity contribution is 6.31. The van der Waals surface area contributed by atoms with Gasteiger partial charge in [-0.1, -0.05) is 11.6 Å². The zero-order valence-corrected chi connectivity index (χ0v) is 33.2. The largest absolute Gasteiger partial charge is 0.490 e. The third-order valence-corrected chi connectivity index (χ3v) is 12.8. The highest BCUT2D eigenvalue weighted by atomic mass is 35.5. The monoisotopic (exact) mass is 805 g/mol. The zero-order valence-electron chi connectivity index (χ0n) is 32.5. The Morgan fingerprint density at radius 3 is 2.16 bits per heavy atom. The average Bonchev–Trinajstić information content (AvgIpc) is 3.49. The average molecular weight is 806 g/mol. The maximum absolute atomic E-state index is 13.3. The number of rotatable bonds is 10. The van der Waals surface area contributed by atoms with Gasteiger partial charge in [-0.15, -0.1) is 0 Å². The number of nitrogens with one attached hydrogen (secondary N) is 2. The van der Waals surface area contributed by atoms with Crippen molar-refractivity contribution in [3.8, 4) is 11.8 Å². The van der Waals surface area contributed by atoms with E-state index in [1.807, 2.05) is 18.2 Å². The van der Waals surface area contributed by atoms with Crippen LogP contribution >= 0.6 is 11.6 Å². The van der Waals surface area contributed by atoms with E-state index < -0.39 is 29.7 Å². The maximum atomic E-state index is 13.3. The van der Waals surface area contributed by atoms with Crippen LogP contribution in [0.4, 0.5) is 11.4 Å². The summed E-state index contributed by atoms with van der Waals surface area (Å²) >= 11 is 6.16. The molecule has 13 nitrogen and oxygen atoms in total. The van der Waals surface area contributed by atoms with Crippen molar-refractivity contribution in [3.05, 3.63) is 87.9 Å². The van der Waals surface area contributed by atoms with E-state index in [1.165, 1.54) is 0 Å². The summed E-state index contributed by atoms with van der Waals surface area (Å²) in [6.45, 7) is 7.05. The van der Waals surface area contributed by atoms with E-state index >= 15 is 0 Å². The molecule has 5 aliphatic rings. The van der Waals surface area contributed by atoms with E-state index in [4.69, 9.17) is 21.6 Å². The van der Waals surface area contributed by atoms with Gasteiger partial charge in [0, 0.05) is 81.8 Å². The van der Waals surface area contributed by atoms with Gasteiger partial charge >= 0.3 is 0 Å². The van der Waals surface area contributed by atoms with Gasteiger partial charge in [0.2, 0.25) is 11.8 Å².